The van der Waals surface area contributed by atoms with E-state index in [9.17, 15) is 9.00 Å². The molecule has 2 amide bonds. The van der Waals surface area contributed by atoms with Crippen LogP contribution in [-0.2, 0) is 21.3 Å². The molecule has 0 spiro atoms. The Bertz CT molecular complexity index is 525. The zero-order chi connectivity index (χ0) is 15.4. The number of urea groups is 1. The number of rotatable bonds is 3. The van der Waals surface area contributed by atoms with Gasteiger partial charge in [-0.05, 0) is 25.5 Å². The molecule has 1 aromatic rings. The van der Waals surface area contributed by atoms with Crippen molar-refractivity contribution < 1.29 is 13.7 Å². The second-order valence-corrected chi connectivity index (χ2v) is 6.90. The van der Waals surface area contributed by atoms with Crippen LogP contribution in [0.4, 0.5) is 10.5 Å². The molecule has 2 rings (SSSR count). The van der Waals surface area contributed by atoms with Gasteiger partial charge in [0.15, 0.2) is 0 Å². The predicted octanol–water partition coefficient (Wildman–Crippen LogP) is 2.21. The number of nitrogens with zero attached hydrogens (tertiary/aromatic N) is 1. The van der Waals surface area contributed by atoms with Crippen LogP contribution in [0.5, 0.6) is 0 Å². The molecule has 1 aromatic carbocycles. The highest BCUT2D eigenvalue weighted by Crippen LogP contribution is 2.18. The number of carbonyl (C=O) groups is 1. The molecule has 6 heteroatoms. The third-order valence-electron chi connectivity index (χ3n) is 3.32. The maximum absolute atomic E-state index is 12.4. The van der Waals surface area contributed by atoms with Gasteiger partial charge in [-0.25, -0.2) is 4.79 Å². The van der Waals surface area contributed by atoms with Crippen molar-refractivity contribution in [1.82, 2.24) is 4.90 Å². The van der Waals surface area contributed by atoms with Crippen LogP contribution in [0.3, 0.4) is 0 Å². The second kappa shape index (κ2) is 7.04. The molecule has 3 atom stereocenters. The molecule has 0 aliphatic carbocycles. The number of ether oxygens (including phenoxy) is 1. The van der Waals surface area contributed by atoms with E-state index in [0.717, 1.165) is 11.3 Å². The Balaban J connectivity index is 2.07. The van der Waals surface area contributed by atoms with Crippen molar-refractivity contribution in [3.8, 4) is 0 Å². The van der Waals surface area contributed by atoms with E-state index in [2.05, 4.69) is 5.32 Å². The van der Waals surface area contributed by atoms with Crippen LogP contribution in [0.2, 0.25) is 0 Å². The number of hydrogen-bond donors (Lipinski definition) is 1. The summed E-state index contributed by atoms with van der Waals surface area (Å²) in [5.41, 5.74) is 1.62. The number of nitrogens with one attached hydrogen (secondary N) is 1. The molecule has 0 aromatic heterocycles. The van der Waals surface area contributed by atoms with Gasteiger partial charge in [-0.1, -0.05) is 18.2 Å². The number of morpholine rings is 1. The lowest BCUT2D eigenvalue weighted by Gasteiger charge is -2.35. The van der Waals surface area contributed by atoms with Gasteiger partial charge in [0.25, 0.3) is 0 Å². The summed E-state index contributed by atoms with van der Waals surface area (Å²) in [5.74, 6) is 0.437. The fourth-order valence-corrected chi connectivity index (χ4v) is 3.21. The number of benzene rings is 1. The third-order valence-corrected chi connectivity index (χ3v) is 4.04. The van der Waals surface area contributed by atoms with E-state index in [-0.39, 0.29) is 18.2 Å². The topological polar surface area (TPSA) is 58.6 Å². The van der Waals surface area contributed by atoms with E-state index >= 15 is 0 Å². The Morgan fingerprint density at radius 2 is 1.95 bits per heavy atom. The number of anilines is 1. The van der Waals surface area contributed by atoms with E-state index in [1.807, 2.05) is 38.1 Å². The van der Waals surface area contributed by atoms with Crippen molar-refractivity contribution in [2.45, 2.75) is 31.8 Å². The average molecular weight is 310 g/mol. The van der Waals surface area contributed by atoms with Crippen molar-refractivity contribution in [3.05, 3.63) is 29.8 Å². The van der Waals surface area contributed by atoms with Crippen LogP contribution in [0, 0.1) is 0 Å². The first-order chi connectivity index (χ1) is 9.95. The smallest absolute Gasteiger partial charge is 0.322 e. The molecule has 1 saturated heterocycles. The van der Waals surface area contributed by atoms with Gasteiger partial charge < -0.3 is 15.0 Å². The Hall–Kier alpha value is -1.40. The Labute approximate surface area is 128 Å². The van der Waals surface area contributed by atoms with Crippen LogP contribution in [0.25, 0.3) is 0 Å². The van der Waals surface area contributed by atoms with Crippen LogP contribution >= 0.6 is 0 Å². The van der Waals surface area contributed by atoms with Gasteiger partial charge in [0.05, 0.1) is 18.0 Å². The first-order valence-electron chi connectivity index (χ1n) is 7.05. The van der Waals surface area contributed by atoms with Crippen LogP contribution in [-0.4, -0.2) is 46.7 Å². The first kappa shape index (κ1) is 16.0. The summed E-state index contributed by atoms with van der Waals surface area (Å²) in [5, 5.41) is 2.92. The van der Waals surface area contributed by atoms with E-state index in [4.69, 9.17) is 4.74 Å². The number of carbonyl (C=O) groups excluding carboxylic acids is 1. The lowest BCUT2D eigenvalue weighted by atomic mass is 10.2. The van der Waals surface area contributed by atoms with Crippen LogP contribution < -0.4 is 5.32 Å². The van der Waals surface area contributed by atoms with Crippen molar-refractivity contribution >= 4 is 22.5 Å². The maximum atomic E-state index is 12.4. The molecular weight excluding hydrogens is 288 g/mol. The third kappa shape index (κ3) is 4.54. The Morgan fingerprint density at radius 3 is 2.57 bits per heavy atom. The van der Waals surface area contributed by atoms with Crippen molar-refractivity contribution in [1.29, 1.82) is 0 Å². The largest absolute Gasteiger partial charge is 0.372 e. The van der Waals surface area contributed by atoms with Crippen molar-refractivity contribution in [3.63, 3.8) is 0 Å². The minimum Gasteiger partial charge on any atom is -0.372 e. The molecule has 1 N–H and O–H groups in total. The molecule has 21 heavy (non-hydrogen) atoms. The highest BCUT2D eigenvalue weighted by atomic mass is 32.2. The Morgan fingerprint density at radius 1 is 1.33 bits per heavy atom. The van der Waals surface area contributed by atoms with Crippen molar-refractivity contribution in [2.75, 3.05) is 24.7 Å². The van der Waals surface area contributed by atoms with Gasteiger partial charge in [0.1, 0.15) is 0 Å². The molecule has 0 unspecified atom stereocenters. The van der Waals surface area contributed by atoms with Gasteiger partial charge in [-0.15, -0.1) is 0 Å². The minimum absolute atomic E-state index is 0.0397. The van der Waals surface area contributed by atoms with E-state index in [0.29, 0.717) is 18.8 Å². The highest BCUT2D eigenvalue weighted by molar-refractivity contribution is 7.83. The molecule has 0 saturated carbocycles. The molecule has 0 bridgehead atoms. The van der Waals surface area contributed by atoms with E-state index in [1.165, 1.54) is 0 Å². The number of hydrogen-bond acceptors (Lipinski definition) is 3. The lowest BCUT2D eigenvalue weighted by Crippen LogP contribution is -2.49. The second-order valence-electron chi connectivity index (χ2n) is 5.47. The fourth-order valence-electron chi connectivity index (χ4n) is 2.53. The van der Waals surface area contributed by atoms with Crippen LogP contribution in [0.1, 0.15) is 19.4 Å². The molecule has 0 radical (unpaired) electrons. The summed E-state index contributed by atoms with van der Waals surface area (Å²) in [6.45, 7) is 5.09. The lowest BCUT2D eigenvalue weighted by molar-refractivity contribution is -0.0530. The minimum atomic E-state index is -0.943. The van der Waals surface area contributed by atoms with Crippen molar-refractivity contribution in [2.24, 2.45) is 0 Å². The summed E-state index contributed by atoms with van der Waals surface area (Å²) < 4.78 is 17.0. The number of para-hydroxylation sites is 1. The first-order valence-corrected chi connectivity index (χ1v) is 8.77. The fraction of sp³-hybridized carbons (Fsp3) is 0.533. The molecular formula is C15H22N2O3S. The maximum Gasteiger partial charge on any atom is 0.322 e. The van der Waals surface area contributed by atoms with Gasteiger partial charge in [0.2, 0.25) is 0 Å². The molecule has 1 aliphatic rings. The molecule has 1 aliphatic heterocycles. The predicted molar refractivity (Wildman–Crippen MR) is 84.8 cm³/mol. The summed E-state index contributed by atoms with van der Waals surface area (Å²) >= 11 is 0. The van der Waals surface area contributed by atoms with Gasteiger partial charge in [-0.2, -0.15) is 0 Å². The van der Waals surface area contributed by atoms with Crippen LogP contribution in [0.15, 0.2) is 24.3 Å². The zero-order valence-electron chi connectivity index (χ0n) is 12.7. The summed E-state index contributed by atoms with van der Waals surface area (Å²) in [6.07, 6.45) is 1.74. The monoisotopic (exact) mass is 310 g/mol. The van der Waals surface area contributed by atoms with Gasteiger partial charge in [0, 0.05) is 35.8 Å². The molecule has 5 nitrogen and oxygen atoms in total. The standard InChI is InChI=1S/C15H22N2O3S/c1-11-8-17(9-12(2)20-11)15(18)16-14-7-5-4-6-13(14)10-21(3)19/h4-7,11-12H,8-10H2,1-3H3,(H,16,18)/t11-,12-,21-/m1/s1. The molecule has 1 fully saturated rings. The summed E-state index contributed by atoms with van der Waals surface area (Å²) in [6, 6.07) is 7.35. The summed E-state index contributed by atoms with van der Waals surface area (Å²) in [7, 11) is -0.943. The van der Waals surface area contributed by atoms with Gasteiger partial charge >= 0.3 is 6.03 Å². The normalized spacial score (nSPS) is 23.7. The quantitative estimate of drug-likeness (QED) is 0.931. The zero-order valence-corrected chi connectivity index (χ0v) is 13.5. The summed E-state index contributed by atoms with van der Waals surface area (Å²) in [4.78, 5) is 14.1. The van der Waals surface area contributed by atoms with E-state index in [1.54, 1.807) is 11.2 Å². The average Bonchev–Trinajstić information content (AvgIpc) is 2.39. The van der Waals surface area contributed by atoms with E-state index < -0.39 is 10.8 Å². The highest BCUT2D eigenvalue weighted by Gasteiger charge is 2.26. The number of amides is 2. The van der Waals surface area contributed by atoms with Gasteiger partial charge in [-0.3, -0.25) is 4.21 Å². The Kier molecular flexibility index (Phi) is 5.36. The SMILES string of the molecule is C[C@@H]1CN(C(=O)Nc2ccccc2C[S@@](C)=O)C[C@@H](C)O1. The molecule has 1 heterocycles. The molecule has 116 valence electrons.